The van der Waals surface area contributed by atoms with Crippen molar-refractivity contribution >= 4 is 29.3 Å². The molecule has 1 aliphatic carbocycles. The summed E-state index contributed by atoms with van der Waals surface area (Å²) in [6, 6.07) is 12.6. The molecule has 1 aromatic heterocycles. The number of carbonyl (C=O) groups is 2. The number of carboxylic acids is 1. The zero-order valence-corrected chi connectivity index (χ0v) is 18.0. The van der Waals surface area contributed by atoms with Crippen molar-refractivity contribution < 1.29 is 14.7 Å². The van der Waals surface area contributed by atoms with Crippen molar-refractivity contribution in [2.75, 3.05) is 26.2 Å². The molecule has 2 aliphatic rings. The van der Waals surface area contributed by atoms with E-state index in [1.54, 1.807) is 35.4 Å². The van der Waals surface area contributed by atoms with Gasteiger partial charge >= 0.3 is 5.97 Å². The van der Waals surface area contributed by atoms with Crippen LogP contribution in [0.25, 0.3) is 0 Å². The van der Waals surface area contributed by atoms with Crippen LogP contribution in [0.3, 0.4) is 0 Å². The number of rotatable bonds is 4. The number of nitrogens with zero attached hydrogens (tertiary/aromatic N) is 4. The minimum Gasteiger partial charge on any atom is -0.479 e. The van der Waals surface area contributed by atoms with Crippen LogP contribution >= 0.6 is 11.6 Å². The SMILES string of the molecule is O=C(c1ccccc1Cl)N1CCN(C(=NC2(C(=O)O)CCCC2)c2ccccn2)CC1. The molecule has 162 valence electrons. The molecule has 1 saturated carbocycles. The Morgan fingerprint density at radius 1 is 0.968 bits per heavy atom. The number of hydrogen-bond acceptors (Lipinski definition) is 4. The van der Waals surface area contributed by atoms with Gasteiger partial charge in [0, 0.05) is 32.4 Å². The highest BCUT2D eigenvalue weighted by Gasteiger charge is 2.42. The first-order chi connectivity index (χ1) is 15.0. The summed E-state index contributed by atoms with van der Waals surface area (Å²) in [7, 11) is 0. The summed E-state index contributed by atoms with van der Waals surface area (Å²) < 4.78 is 0. The first-order valence-corrected chi connectivity index (χ1v) is 10.9. The van der Waals surface area contributed by atoms with Crippen LogP contribution in [0, 0.1) is 0 Å². The molecular formula is C23H25ClN4O3. The number of amidine groups is 1. The number of aliphatic carboxylic acids is 1. The molecule has 7 nitrogen and oxygen atoms in total. The van der Waals surface area contributed by atoms with Crippen LogP contribution in [0.1, 0.15) is 41.7 Å². The van der Waals surface area contributed by atoms with Crippen molar-refractivity contribution in [3.63, 3.8) is 0 Å². The highest BCUT2D eigenvalue weighted by atomic mass is 35.5. The molecule has 1 saturated heterocycles. The highest BCUT2D eigenvalue weighted by molar-refractivity contribution is 6.33. The van der Waals surface area contributed by atoms with Crippen LogP contribution in [0.4, 0.5) is 0 Å². The first-order valence-electron chi connectivity index (χ1n) is 10.5. The number of pyridine rings is 1. The number of carboxylic acid groups (broad SMARTS) is 1. The molecule has 2 aromatic rings. The minimum absolute atomic E-state index is 0.0978. The molecule has 0 atom stereocenters. The lowest BCUT2D eigenvalue weighted by Gasteiger charge is -2.37. The third kappa shape index (κ3) is 4.42. The fraction of sp³-hybridized carbons (Fsp3) is 0.391. The largest absolute Gasteiger partial charge is 0.479 e. The van der Waals surface area contributed by atoms with Gasteiger partial charge in [-0.05, 0) is 37.1 Å². The Kier molecular flexibility index (Phi) is 6.23. The van der Waals surface area contributed by atoms with Gasteiger partial charge in [-0.25, -0.2) is 9.79 Å². The lowest BCUT2D eigenvalue weighted by atomic mass is 9.98. The molecule has 1 amide bonds. The van der Waals surface area contributed by atoms with Gasteiger partial charge in [-0.2, -0.15) is 0 Å². The third-order valence-corrected chi connectivity index (χ3v) is 6.34. The van der Waals surface area contributed by atoms with E-state index >= 15 is 0 Å². The van der Waals surface area contributed by atoms with E-state index in [2.05, 4.69) is 4.98 Å². The first kappa shape index (κ1) is 21.3. The van der Waals surface area contributed by atoms with Crippen molar-refractivity contribution in [2.24, 2.45) is 4.99 Å². The fourth-order valence-corrected chi connectivity index (χ4v) is 4.46. The average Bonchev–Trinajstić information content (AvgIpc) is 3.28. The molecule has 1 aromatic carbocycles. The van der Waals surface area contributed by atoms with Gasteiger partial charge in [0.1, 0.15) is 5.69 Å². The zero-order valence-electron chi connectivity index (χ0n) is 17.2. The van der Waals surface area contributed by atoms with Gasteiger partial charge in [0.15, 0.2) is 11.4 Å². The molecular weight excluding hydrogens is 416 g/mol. The van der Waals surface area contributed by atoms with E-state index in [-0.39, 0.29) is 5.91 Å². The Balaban J connectivity index is 1.57. The summed E-state index contributed by atoms with van der Waals surface area (Å²) in [5.74, 6) is -0.389. The average molecular weight is 441 g/mol. The molecule has 1 N–H and O–H groups in total. The lowest BCUT2D eigenvalue weighted by molar-refractivity contribution is -0.142. The van der Waals surface area contributed by atoms with E-state index in [0.29, 0.717) is 61.1 Å². The predicted molar refractivity (Wildman–Crippen MR) is 119 cm³/mol. The quantitative estimate of drug-likeness (QED) is 0.582. The molecule has 0 spiro atoms. The van der Waals surface area contributed by atoms with Gasteiger partial charge in [-0.1, -0.05) is 42.6 Å². The maximum atomic E-state index is 12.9. The molecule has 1 aliphatic heterocycles. The van der Waals surface area contributed by atoms with E-state index in [4.69, 9.17) is 16.6 Å². The second-order valence-electron chi connectivity index (χ2n) is 7.95. The van der Waals surface area contributed by atoms with Gasteiger partial charge in [0.25, 0.3) is 5.91 Å². The number of hydrogen-bond donors (Lipinski definition) is 1. The topological polar surface area (TPSA) is 86.1 Å². The summed E-state index contributed by atoms with van der Waals surface area (Å²) in [6.45, 7) is 2.08. The number of aliphatic imine (C=N–C) groups is 1. The molecule has 4 rings (SSSR count). The van der Waals surface area contributed by atoms with Gasteiger partial charge in [-0.3, -0.25) is 9.78 Å². The van der Waals surface area contributed by atoms with Crippen LogP contribution in [0.2, 0.25) is 5.02 Å². The normalized spacial score (nSPS) is 18.8. The summed E-state index contributed by atoms with van der Waals surface area (Å²) >= 11 is 6.20. The Bertz CT molecular complexity index is 981. The second kappa shape index (κ2) is 9.06. The maximum Gasteiger partial charge on any atom is 0.331 e. The van der Waals surface area contributed by atoms with Crippen LogP contribution in [-0.2, 0) is 4.79 Å². The molecule has 0 radical (unpaired) electrons. The van der Waals surface area contributed by atoms with Gasteiger partial charge in [0.05, 0.1) is 10.6 Å². The summed E-state index contributed by atoms with van der Waals surface area (Å²) in [5.41, 5.74) is 0.0464. The zero-order chi connectivity index (χ0) is 21.8. The van der Waals surface area contributed by atoms with Crippen molar-refractivity contribution in [1.29, 1.82) is 0 Å². The van der Waals surface area contributed by atoms with Crippen LogP contribution < -0.4 is 0 Å². The number of carbonyl (C=O) groups excluding carboxylic acids is 1. The Morgan fingerprint density at radius 3 is 2.23 bits per heavy atom. The second-order valence-corrected chi connectivity index (χ2v) is 8.36. The summed E-state index contributed by atoms with van der Waals surface area (Å²) in [6.07, 6.45) is 4.45. The monoisotopic (exact) mass is 440 g/mol. The number of amides is 1. The van der Waals surface area contributed by atoms with Crippen molar-refractivity contribution in [3.05, 3.63) is 64.9 Å². The number of aromatic nitrogens is 1. The summed E-state index contributed by atoms with van der Waals surface area (Å²) in [5, 5.41) is 10.4. The van der Waals surface area contributed by atoms with E-state index in [1.165, 1.54) is 0 Å². The van der Waals surface area contributed by atoms with E-state index in [0.717, 1.165) is 12.8 Å². The van der Waals surface area contributed by atoms with Gasteiger partial charge < -0.3 is 14.9 Å². The van der Waals surface area contributed by atoms with E-state index < -0.39 is 11.5 Å². The van der Waals surface area contributed by atoms with Crippen molar-refractivity contribution in [1.82, 2.24) is 14.8 Å². The number of piperazine rings is 1. The van der Waals surface area contributed by atoms with Gasteiger partial charge in [-0.15, -0.1) is 0 Å². The molecule has 8 heteroatoms. The smallest absolute Gasteiger partial charge is 0.331 e. The fourth-order valence-electron chi connectivity index (χ4n) is 4.25. The Morgan fingerprint density at radius 2 is 1.61 bits per heavy atom. The molecule has 31 heavy (non-hydrogen) atoms. The number of benzene rings is 1. The van der Waals surface area contributed by atoms with Crippen LogP contribution in [-0.4, -0.2) is 69.3 Å². The molecule has 2 heterocycles. The van der Waals surface area contributed by atoms with Crippen molar-refractivity contribution in [2.45, 2.75) is 31.2 Å². The highest BCUT2D eigenvalue weighted by Crippen LogP contribution is 2.34. The van der Waals surface area contributed by atoms with Crippen LogP contribution in [0.5, 0.6) is 0 Å². The Labute approximate surface area is 186 Å². The molecule has 2 fully saturated rings. The summed E-state index contributed by atoms with van der Waals surface area (Å²) in [4.78, 5) is 38.0. The molecule has 0 unspecified atom stereocenters. The Hall–Kier alpha value is -2.93. The van der Waals surface area contributed by atoms with Crippen molar-refractivity contribution in [3.8, 4) is 0 Å². The lowest BCUT2D eigenvalue weighted by Crippen LogP contribution is -2.52. The predicted octanol–water partition coefficient (Wildman–Crippen LogP) is 3.34. The van der Waals surface area contributed by atoms with E-state index in [1.807, 2.05) is 23.1 Å². The maximum absolute atomic E-state index is 12.9. The van der Waals surface area contributed by atoms with Crippen LogP contribution in [0.15, 0.2) is 53.7 Å². The van der Waals surface area contributed by atoms with Gasteiger partial charge in [0.2, 0.25) is 0 Å². The standard InChI is InChI=1S/C23H25ClN4O3/c24-18-8-2-1-7-17(18)21(29)28-15-13-27(14-16-28)20(19-9-3-6-12-25-19)26-23(22(30)31)10-4-5-11-23/h1-3,6-9,12H,4-5,10-11,13-16H2,(H,30,31). The van der Waals surface area contributed by atoms with E-state index in [9.17, 15) is 14.7 Å². The minimum atomic E-state index is -1.10. The number of halogens is 1. The third-order valence-electron chi connectivity index (χ3n) is 6.01. The molecule has 0 bridgehead atoms.